The van der Waals surface area contributed by atoms with Crippen LogP contribution in [0.25, 0.3) is 0 Å². The molecule has 15 heavy (non-hydrogen) atoms. The van der Waals surface area contributed by atoms with Gasteiger partial charge in [-0.05, 0) is 20.1 Å². The average Bonchev–Trinajstić information content (AvgIpc) is 2.64. The molecule has 0 saturated carbocycles. The molecule has 6 heteroatoms. The molecule has 1 heterocycles. The highest BCUT2D eigenvalue weighted by Crippen LogP contribution is 2.21. The van der Waals surface area contributed by atoms with Crippen LogP contribution in [0, 0.1) is 18.4 Å². The molecule has 0 amide bonds. The van der Waals surface area contributed by atoms with Gasteiger partial charge in [-0.3, -0.25) is 10.3 Å². The van der Waals surface area contributed by atoms with E-state index in [4.69, 9.17) is 5.26 Å². The third kappa shape index (κ3) is 3.53. The summed E-state index contributed by atoms with van der Waals surface area (Å²) in [6.07, 6.45) is 3.74. The van der Waals surface area contributed by atoms with Crippen molar-refractivity contribution >= 4 is 28.3 Å². The van der Waals surface area contributed by atoms with E-state index in [0.717, 1.165) is 10.7 Å². The Morgan fingerprint density at radius 1 is 1.80 bits per heavy atom. The van der Waals surface area contributed by atoms with Crippen molar-refractivity contribution in [3.63, 3.8) is 0 Å². The topological polar surface area (TPSA) is 61.1 Å². The summed E-state index contributed by atoms with van der Waals surface area (Å²) in [6.45, 7) is 3.92. The van der Waals surface area contributed by atoms with Gasteiger partial charge in [0.1, 0.15) is 11.0 Å². The fourth-order valence-electron chi connectivity index (χ4n) is 0.979. The van der Waals surface area contributed by atoms with E-state index < -0.39 is 0 Å². The normalized spacial score (nSPS) is 13.3. The molecular formula is C9H12N4S2. The summed E-state index contributed by atoms with van der Waals surface area (Å²) in [6, 6.07) is -0.00741. The van der Waals surface area contributed by atoms with Gasteiger partial charge in [-0.1, -0.05) is 11.8 Å². The van der Waals surface area contributed by atoms with Crippen molar-refractivity contribution in [2.24, 2.45) is 4.99 Å². The Bertz CT molecular complexity index is 391. The van der Waals surface area contributed by atoms with Gasteiger partial charge in [0.2, 0.25) is 0 Å². The van der Waals surface area contributed by atoms with Crippen molar-refractivity contribution in [3.8, 4) is 6.19 Å². The second-order valence-electron chi connectivity index (χ2n) is 2.88. The summed E-state index contributed by atoms with van der Waals surface area (Å²) in [5.41, 5.74) is 1.01. The van der Waals surface area contributed by atoms with Crippen molar-refractivity contribution in [2.75, 3.05) is 6.26 Å². The SMILES string of the molecule is CSC(=NC(C)c1nc(C)cs1)NC#N. The lowest BCUT2D eigenvalue weighted by Gasteiger charge is -2.04. The fraction of sp³-hybridized carbons (Fsp3) is 0.444. The lowest BCUT2D eigenvalue weighted by molar-refractivity contribution is 0.803. The van der Waals surface area contributed by atoms with Crippen LogP contribution in [-0.4, -0.2) is 16.4 Å². The number of nitriles is 1. The largest absolute Gasteiger partial charge is 0.272 e. The quantitative estimate of drug-likeness (QED) is 0.373. The van der Waals surface area contributed by atoms with E-state index >= 15 is 0 Å². The predicted molar refractivity (Wildman–Crippen MR) is 65.0 cm³/mol. The molecule has 1 N–H and O–H groups in total. The maximum atomic E-state index is 8.49. The Balaban J connectivity index is 2.77. The molecule has 1 atom stereocenters. The molecule has 0 spiro atoms. The number of amidine groups is 1. The minimum Gasteiger partial charge on any atom is -0.272 e. The Morgan fingerprint density at radius 2 is 2.53 bits per heavy atom. The molecule has 0 aliphatic rings. The van der Waals surface area contributed by atoms with Crippen LogP contribution in [0.5, 0.6) is 0 Å². The smallest absolute Gasteiger partial charge is 0.183 e. The van der Waals surface area contributed by atoms with Crippen molar-refractivity contribution in [2.45, 2.75) is 19.9 Å². The van der Waals surface area contributed by atoms with Gasteiger partial charge in [0.25, 0.3) is 0 Å². The highest BCUT2D eigenvalue weighted by atomic mass is 32.2. The summed E-state index contributed by atoms with van der Waals surface area (Å²) in [4.78, 5) is 8.71. The van der Waals surface area contributed by atoms with Gasteiger partial charge in [-0.25, -0.2) is 4.98 Å². The molecule has 0 fully saturated rings. The van der Waals surface area contributed by atoms with Gasteiger partial charge in [0.15, 0.2) is 11.4 Å². The molecule has 1 aromatic rings. The number of aliphatic imine (C=N–C) groups is 1. The number of thioether (sulfide) groups is 1. The zero-order valence-electron chi connectivity index (χ0n) is 8.81. The van der Waals surface area contributed by atoms with Crippen molar-refractivity contribution in [3.05, 3.63) is 16.1 Å². The van der Waals surface area contributed by atoms with Crippen LogP contribution in [0.2, 0.25) is 0 Å². The van der Waals surface area contributed by atoms with Gasteiger partial charge < -0.3 is 0 Å². The van der Waals surface area contributed by atoms with Crippen LogP contribution in [0.4, 0.5) is 0 Å². The number of hydrogen-bond acceptors (Lipinski definition) is 5. The number of aryl methyl sites for hydroxylation is 1. The summed E-state index contributed by atoms with van der Waals surface area (Å²) >= 11 is 3.01. The van der Waals surface area contributed by atoms with Crippen LogP contribution in [0.15, 0.2) is 10.4 Å². The second-order valence-corrected chi connectivity index (χ2v) is 4.56. The maximum absolute atomic E-state index is 8.49. The number of rotatable bonds is 2. The monoisotopic (exact) mass is 240 g/mol. The first-order chi connectivity index (χ1) is 7.17. The molecule has 1 unspecified atom stereocenters. The third-order valence-corrected chi connectivity index (χ3v) is 3.39. The number of hydrogen-bond donors (Lipinski definition) is 1. The zero-order valence-corrected chi connectivity index (χ0v) is 10.4. The first-order valence-electron chi connectivity index (χ1n) is 4.36. The van der Waals surface area contributed by atoms with E-state index in [0.29, 0.717) is 5.17 Å². The summed E-state index contributed by atoms with van der Waals surface area (Å²) in [5, 5.41) is 14.6. The predicted octanol–water partition coefficient (Wildman–Crippen LogP) is 2.30. The van der Waals surface area contributed by atoms with Crippen LogP contribution in [0.3, 0.4) is 0 Å². The molecule has 80 valence electrons. The first kappa shape index (κ1) is 12.0. The van der Waals surface area contributed by atoms with Gasteiger partial charge in [0.05, 0.1) is 0 Å². The number of nitrogens with zero attached hydrogens (tertiary/aromatic N) is 3. The molecule has 1 aromatic heterocycles. The van der Waals surface area contributed by atoms with Crippen molar-refractivity contribution < 1.29 is 0 Å². The summed E-state index contributed by atoms with van der Waals surface area (Å²) < 4.78 is 0. The second kappa shape index (κ2) is 5.73. The molecule has 0 aliphatic heterocycles. The summed E-state index contributed by atoms with van der Waals surface area (Å²) in [5.74, 6) is 0. The minimum absolute atomic E-state index is 0.00741. The Morgan fingerprint density at radius 3 is 3.00 bits per heavy atom. The van der Waals surface area contributed by atoms with Crippen LogP contribution in [0.1, 0.15) is 23.7 Å². The Hall–Kier alpha value is -1.06. The molecule has 1 rings (SSSR count). The molecule has 0 radical (unpaired) electrons. The van der Waals surface area contributed by atoms with Crippen molar-refractivity contribution in [1.82, 2.24) is 10.3 Å². The molecule has 4 nitrogen and oxygen atoms in total. The van der Waals surface area contributed by atoms with Crippen molar-refractivity contribution in [1.29, 1.82) is 5.26 Å². The highest BCUT2D eigenvalue weighted by Gasteiger charge is 2.08. The van der Waals surface area contributed by atoms with E-state index in [1.165, 1.54) is 11.8 Å². The van der Waals surface area contributed by atoms with E-state index in [9.17, 15) is 0 Å². The lowest BCUT2D eigenvalue weighted by atomic mass is 10.4. The first-order valence-corrected chi connectivity index (χ1v) is 6.46. The van der Waals surface area contributed by atoms with Gasteiger partial charge >= 0.3 is 0 Å². The average molecular weight is 240 g/mol. The van der Waals surface area contributed by atoms with Crippen LogP contribution in [-0.2, 0) is 0 Å². The van der Waals surface area contributed by atoms with E-state index in [1.807, 2.05) is 31.7 Å². The molecule has 0 bridgehead atoms. The number of nitrogens with one attached hydrogen (secondary N) is 1. The highest BCUT2D eigenvalue weighted by molar-refractivity contribution is 8.13. The lowest BCUT2D eigenvalue weighted by Crippen LogP contribution is -2.14. The third-order valence-electron chi connectivity index (χ3n) is 1.66. The summed E-state index contributed by atoms with van der Waals surface area (Å²) in [7, 11) is 0. The van der Waals surface area contributed by atoms with Gasteiger partial charge in [-0.15, -0.1) is 11.3 Å². The van der Waals surface area contributed by atoms with E-state index in [1.54, 1.807) is 11.3 Å². The molecule has 0 aromatic carbocycles. The van der Waals surface area contributed by atoms with E-state index in [2.05, 4.69) is 15.3 Å². The standard InChI is InChI=1S/C9H12N4S2/c1-6-4-15-8(12-6)7(2)13-9(14-3)11-5-10/h4,7H,1-3H3,(H,11,13). The molecule has 0 saturated heterocycles. The van der Waals surface area contributed by atoms with Crippen LogP contribution < -0.4 is 5.32 Å². The van der Waals surface area contributed by atoms with Gasteiger partial charge in [-0.2, -0.15) is 5.26 Å². The molecular weight excluding hydrogens is 228 g/mol. The zero-order chi connectivity index (χ0) is 11.3. The number of thiazole rings is 1. The molecule has 0 aliphatic carbocycles. The van der Waals surface area contributed by atoms with E-state index in [-0.39, 0.29) is 6.04 Å². The minimum atomic E-state index is -0.00741. The van der Waals surface area contributed by atoms with Gasteiger partial charge in [0, 0.05) is 11.1 Å². The van der Waals surface area contributed by atoms with Crippen LogP contribution >= 0.6 is 23.1 Å². The number of aromatic nitrogens is 1. The Kier molecular flexibility index (Phi) is 4.59. The fourth-order valence-corrected chi connectivity index (χ4v) is 2.18. The Labute approximate surface area is 97.4 Å². The maximum Gasteiger partial charge on any atom is 0.183 e.